The molecular formula is C19H18N4O3S2. The third-order valence-corrected chi connectivity index (χ3v) is 7.59. The fourth-order valence-corrected chi connectivity index (χ4v) is 5.56. The summed E-state index contributed by atoms with van der Waals surface area (Å²) in [5, 5.41) is 10.4. The van der Waals surface area contributed by atoms with Crippen LogP contribution in [0, 0.1) is 6.92 Å². The van der Waals surface area contributed by atoms with Crippen LogP contribution < -0.4 is 5.32 Å². The van der Waals surface area contributed by atoms with Crippen LogP contribution in [-0.4, -0.2) is 35.4 Å². The molecule has 0 saturated heterocycles. The number of nitrogens with one attached hydrogen (secondary N) is 1. The molecule has 4 rings (SSSR count). The summed E-state index contributed by atoms with van der Waals surface area (Å²) in [4.78, 5) is 12.3. The number of anilines is 1. The lowest BCUT2D eigenvalue weighted by Gasteiger charge is -2.26. The molecule has 0 spiro atoms. The Bertz CT molecular complexity index is 1140. The first kappa shape index (κ1) is 18.7. The van der Waals surface area contributed by atoms with Gasteiger partial charge in [0, 0.05) is 18.7 Å². The van der Waals surface area contributed by atoms with Crippen molar-refractivity contribution in [1.82, 2.24) is 14.5 Å². The van der Waals surface area contributed by atoms with Crippen LogP contribution in [0.15, 0.2) is 52.9 Å². The number of hydrogen-bond donors (Lipinski definition) is 1. The van der Waals surface area contributed by atoms with Gasteiger partial charge in [-0.2, -0.15) is 4.31 Å². The number of hydrogen-bond acceptors (Lipinski definition) is 6. The van der Waals surface area contributed by atoms with Crippen molar-refractivity contribution < 1.29 is 13.2 Å². The number of aromatic nitrogens is 2. The standard InChI is InChI=1S/C19H18N4O3S2/c1-13-5-4-8-15(11-13)17(24)20-18-21-22-19(27-18)28(25,26)23-10-9-14-6-2-3-7-16(14)12-23/h2-8,11H,9-10,12H2,1H3,(H,20,21,24). The highest BCUT2D eigenvalue weighted by Crippen LogP contribution is 2.28. The highest BCUT2D eigenvalue weighted by atomic mass is 32.2. The van der Waals surface area contributed by atoms with Gasteiger partial charge in [0.1, 0.15) is 0 Å². The number of fused-ring (bicyclic) bond motifs is 1. The Morgan fingerprint density at radius 3 is 2.68 bits per heavy atom. The minimum atomic E-state index is -3.76. The summed E-state index contributed by atoms with van der Waals surface area (Å²) in [6, 6.07) is 14.9. The average molecular weight is 415 g/mol. The second-order valence-corrected chi connectivity index (χ2v) is 9.64. The van der Waals surface area contributed by atoms with Crippen molar-refractivity contribution in [3.63, 3.8) is 0 Å². The van der Waals surface area contributed by atoms with Crippen LogP contribution in [0.1, 0.15) is 27.0 Å². The van der Waals surface area contributed by atoms with Crippen LogP contribution in [0.4, 0.5) is 5.13 Å². The lowest BCUT2D eigenvalue weighted by molar-refractivity contribution is 0.102. The average Bonchev–Trinajstić information content (AvgIpc) is 3.17. The van der Waals surface area contributed by atoms with Gasteiger partial charge in [-0.1, -0.05) is 53.3 Å². The van der Waals surface area contributed by atoms with Crippen LogP contribution in [0.25, 0.3) is 0 Å². The van der Waals surface area contributed by atoms with E-state index in [-0.39, 0.29) is 15.4 Å². The number of sulfonamides is 1. The Morgan fingerprint density at radius 2 is 1.89 bits per heavy atom. The fourth-order valence-electron chi connectivity index (χ4n) is 3.11. The van der Waals surface area contributed by atoms with Crippen molar-refractivity contribution >= 4 is 32.4 Å². The summed E-state index contributed by atoms with van der Waals surface area (Å²) >= 11 is 0.858. The molecule has 0 aliphatic carbocycles. The maximum Gasteiger partial charge on any atom is 0.272 e. The zero-order valence-corrected chi connectivity index (χ0v) is 16.8. The van der Waals surface area contributed by atoms with Crippen molar-refractivity contribution in [2.45, 2.75) is 24.2 Å². The van der Waals surface area contributed by atoms with E-state index in [1.807, 2.05) is 37.3 Å². The second-order valence-electron chi connectivity index (χ2n) is 6.55. The molecule has 0 saturated carbocycles. The highest BCUT2D eigenvalue weighted by Gasteiger charge is 2.31. The Labute approximate surface area is 167 Å². The van der Waals surface area contributed by atoms with Crippen LogP contribution in [-0.2, 0) is 23.0 Å². The third kappa shape index (κ3) is 3.68. The SMILES string of the molecule is Cc1cccc(C(=O)Nc2nnc(S(=O)(=O)N3CCc4ccccc4C3)s2)c1. The molecule has 1 aromatic heterocycles. The van der Waals surface area contributed by atoms with Gasteiger partial charge in [-0.3, -0.25) is 10.1 Å². The molecule has 0 fully saturated rings. The van der Waals surface area contributed by atoms with E-state index in [9.17, 15) is 13.2 Å². The quantitative estimate of drug-likeness (QED) is 0.663. The summed E-state index contributed by atoms with van der Waals surface area (Å²) in [6.07, 6.45) is 0.658. The molecule has 2 heterocycles. The normalized spacial score (nSPS) is 14.5. The molecule has 144 valence electrons. The van der Waals surface area contributed by atoms with Crippen molar-refractivity contribution in [3.05, 3.63) is 70.8 Å². The Hall–Kier alpha value is -2.62. The monoisotopic (exact) mass is 414 g/mol. The van der Waals surface area contributed by atoms with Crippen LogP contribution >= 0.6 is 11.3 Å². The second kappa shape index (κ2) is 7.42. The number of aryl methyl sites for hydroxylation is 1. The lowest BCUT2D eigenvalue weighted by atomic mass is 10.0. The predicted molar refractivity (Wildman–Crippen MR) is 107 cm³/mol. The Balaban J connectivity index is 1.51. The molecule has 28 heavy (non-hydrogen) atoms. The molecule has 0 atom stereocenters. The number of rotatable bonds is 4. The van der Waals surface area contributed by atoms with Gasteiger partial charge in [0.15, 0.2) is 0 Å². The molecule has 1 N–H and O–H groups in total. The molecule has 1 aliphatic heterocycles. The minimum Gasteiger partial charge on any atom is -0.296 e. The summed E-state index contributed by atoms with van der Waals surface area (Å²) < 4.78 is 27.1. The maximum absolute atomic E-state index is 12.9. The maximum atomic E-state index is 12.9. The van der Waals surface area contributed by atoms with Crippen LogP contribution in [0.3, 0.4) is 0 Å². The van der Waals surface area contributed by atoms with Crippen molar-refractivity contribution in [2.24, 2.45) is 0 Å². The smallest absolute Gasteiger partial charge is 0.272 e. The van der Waals surface area contributed by atoms with Gasteiger partial charge < -0.3 is 0 Å². The number of benzene rings is 2. The molecule has 1 aliphatic rings. The van der Waals surface area contributed by atoms with E-state index in [4.69, 9.17) is 0 Å². The van der Waals surface area contributed by atoms with E-state index in [0.717, 1.165) is 28.0 Å². The van der Waals surface area contributed by atoms with E-state index in [1.54, 1.807) is 18.2 Å². The molecule has 1 amide bonds. The van der Waals surface area contributed by atoms with Crippen LogP contribution in [0.2, 0.25) is 0 Å². The van der Waals surface area contributed by atoms with Crippen molar-refractivity contribution in [3.8, 4) is 0 Å². The van der Waals surface area contributed by atoms with Gasteiger partial charge in [0.2, 0.25) is 9.47 Å². The van der Waals surface area contributed by atoms with E-state index >= 15 is 0 Å². The first-order valence-electron chi connectivity index (χ1n) is 8.72. The zero-order valence-electron chi connectivity index (χ0n) is 15.1. The van der Waals surface area contributed by atoms with Crippen molar-refractivity contribution in [1.29, 1.82) is 0 Å². The summed E-state index contributed by atoms with van der Waals surface area (Å²) in [5.41, 5.74) is 3.60. The molecule has 0 radical (unpaired) electrons. The highest BCUT2D eigenvalue weighted by molar-refractivity contribution is 7.91. The predicted octanol–water partition coefficient (Wildman–Crippen LogP) is 2.85. The molecular weight excluding hydrogens is 396 g/mol. The first-order chi connectivity index (χ1) is 13.4. The van der Waals surface area contributed by atoms with Gasteiger partial charge in [-0.25, -0.2) is 8.42 Å². The van der Waals surface area contributed by atoms with Gasteiger partial charge in [-0.15, -0.1) is 10.2 Å². The minimum absolute atomic E-state index is 0.119. The van der Waals surface area contributed by atoms with E-state index in [0.29, 0.717) is 25.1 Å². The number of carbonyl (C=O) groups excluding carboxylic acids is 1. The van der Waals surface area contributed by atoms with E-state index in [2.05, 4.69) is 15.5 Å². The third-order valence-electron chi connectivity index (χ3n) is 4.56. The topological polar surface area (TPSA) is 92.3 Å². The summed E-state index contributed by atoms with van der Waals surface area (Å²) in [6.45, 7) is 2.59. The number of nitrogens with zero attached hydrogens (tertiary/aromatic N) is 3. The largest absolute Gasteiger partial charge is 0.296 e. The Kier molecular flexibility index (Phi) is 4.96. The lowest BCUT2D eigenvalue weighted by Crippen LogP contribution is -2.35. The zero-order chi connectivity index (χ0) is 19.7. The van der Waals surface area contributed by atoms with Gasteiger partial charge in [0.25, 0.3) is 15.9 Å². The van der Waals surface area contributed by atoms with E-state index in [1.165, 1.54) is 4.31 Å². The van der Waals surface area contributed by atoms with Gasteiger partial charge in [-0.05, 0) is 36.6 Å². The molecule has 2 aromatic carbocycles. The van der Waals surface area contributed by atoms with Crippen molar-refractivity contribution in [2.75, 3.05) is 11.9 Å². The van der Waals surface area contributed by atoms with E-state index < -0.39 is 10.0 Å². The molecule has 0 unspecified atom stereocenters. The molecule has 9 heteroatoms. The summed E-state index contributed by atoms with van der Waals surface area (Å²) in [7, 11) is -3.76. The first-order valence-corrected chi connectivity index (χ1v) is 11.0. The Morgan fingerprint density at radius 1 is 1.11 bits per heavy atom. The van der Waals surface area contributed by atoms with Gasteiger partial charge >= 0.3 is 0 Å². The molecule has 7 nitrogen and oxygen atoms in total. The molecule has 3 aromatic rings. The fraction of sp³-hybridized carbons (Fsp3) is 0.211. The molecule has 0 bridgehead atoms. The number of carbonyl (C=O) groups is 1. The van der Waals surface area contributed by atoms with Gasteiger partial charge in [0.05, 0.1) is 0 Å². The number of amides is 1. The summed E-state index contributed by atoms with van der Waals surface area (Å²) in [5.74, 6) is -0.351. The van der Waals surface area contributed by atoms with Crippen LogP contribution in [0.5, 0.6) is 0 Å².